The minimum Gasteiger partial charge on any atom is -0.497 e. The molecule has 3 rings (SSSR count). The van der Waals surface area contributed by atoms with Gasteiger partial charge in [0.15, 0.2) is 5.13 Å². The van der Waals surface area contributed by atoms with Gasteiger partial charge in [-0.05, 0) is 36.8 Å². The summed E-state index contributed by atoms with van der Waals surface area (Å²) in [6.07, 6.45) is 0. The largest absolute Gasteiger partial charge is 0.497 e. The third-order valence-corrected chi connectivity index (χ3v) is 5.95. The van der Waals surface area contributed by atoms with Gasteiger partial charge in [-0.25, -0.2) is 13.8 Å². The minimum absolute atomic E-state index is 0.207. The number of hydrogen-bond acceptors (Lipinski definition) is 7. The quantitative estimate of drug-likeness (QED) is 0.409. The van der Waals surface area contributed by atoms with Gasteiger partial charge in [-0.3, -0.25) is 10.1 Å². The minimum atomic E-state index is -0.980. The number of thiazole rings is 1. The van der Waals surface area contributed by atoms with E-state index in [4.69, 9.17) is 15.2 Å². The summed E-state index contributed by atoms with van der Waals surface area (Å²) >= 11 is 1.16. The summed E-state index contributed by atoms with van der Waals surface area (Å²) in [5, 5.41) is 7.27. The highest BCUT2D eigenvalue weighted by molar-refractivity contribution is 7.14. The highest BCUT2D eigenvalue weighted by atomic mass is 32.1. The fourth-order valence-electron chi connectivity index (χ4n) is 3.41. The van der Waals surface area contributed by atoms with Crippen LogP contribution in [0.3, 0.4) is 0 Å². The second kappa shape index (κ2) is 10.7. The first kappa shape index (κ1) is 24.6. The van der Waals surface area contributed by atoms with Crippen molar-refractivity contribution in [1.29, 1.82) is 0 Å². The van der Waals surface area contributed by atoms with Crippen LogP contribution in [0.1, 0.15) is 28.5 Å². The van der Waals surface area contributed by atoms with Crippen molar-refractivity contribution >= 4 is 28.1 Å². The number of nitrogens with one attached hydrogen (secondary N) is 2. The van der Waals surface area contributed by atoms with E-state index in [0.29, 0.717) is 25.4 Å². The van der Waals surface area contributed by atoms with E-state index in [1.165, 1.54) is 0 Å². The van der Waals surface area contributed by atoms with Crippen LogP contribution in [0.25, 0.3) is 0 Å². The van der Waals surface area contributed by atoms with Crippen LogP contribution in [0.2, 0.25) is 0 Å². The van der Waals surface area contributed by atoms with Gasteiger partial charge in [0.2, 0.25) is 0 Å². The highest BCUT2D eigenvalue weighted by Gasteiger charge is 2.32. The van der Waals surface area contributed by atoms with Gasteiger partial charge < -0.3 is 20.5 Å². The number of hydrogen-bond donors (Lipinski definition) is 3. The Hall–Kier alpha value is -3.08. The summed E-state index contributed by atoms with van der Waals surface area (Å²) in [4.78, 5) is 17.1. The van der Waals surface area contributed by atoms with E-state index < -0.39 is 28.5 Å². The number of methoxy groups -OCH3 is 2. The maximum Gasteiger partial charge on any atom is 0.263 e. The lowest BCUT2D eigenvalue weighted by Crippen LogP contribution is -2.30. The van der Waals surface area contributed by atoms with Crippen molar-refractivity contribution in [2.24, 2.45) is 5.73 Å². The number of ether oxygens (including phenoxy) is 2. The van der Waals surface area contributed by atoms with Gasteiger partial charge in [0.25, 0.3) is 5.91 Å². The molecule has 0 aliphatic rings. The SMILES string of the molecule is COCC(C)(c1ccc(OC)cc1)c1csc(NC(=O)c2c(F)cc(NCCN)cc2F)n1. The maximum absolute atomic E-state index is 14.5. The Morgan fingerprint density at radius 3 is 2.42 bits per heavy atom. The van der Waals surface area contributed by atoms with Crippen molar-refractivity contribution in [2.45, 2.75) is 12.3 Å². The molecule has 0 aliphatic heterocycles. The van der Waals surface area contributed by atoms with Crippen LogP contribution in [0.4, 0.5) is 19.6 Å². The van der Waals surface area contributed by atoms with Gasteiger partial charge in [0.05, 0.1) is 24.8 Å². The molecule has 0 fully saturated rings. The molecular formula is C23H26F2N4O3S. The molecular weight excluding hydrogens is 450 g/mol. The highest BCUT2D eigenvalue weighted by Crippen LogP contribution is 2.35. The standard InChI is InChI=1S/C23H26F2N4O3S/c1-23(13-31-2,14-4-6-16(32-3)7-5-14)19-12-33-22(28-19)29-21(30)20-17(24)10-15(11-18(20)25)27-9-8-26/h4-7,10-12,27H,8-9,13,26H2,1-3H3,(H,28,29,30). The average molecular weight is 477 g/mol. The van der Waals surface area contributed by atoms with E-state index in [1.54, 1.807) is 19.6 Å². The molecule has 3 aromatic rings. The van der Waals surface area contributed by atoms with E-state index in [1.807, 2.05) is 31.2 Å². The number of nitrogens with two attached hydrogens (primary N) is 1. The molecule has 0 aliphatic carbocycles. The van der Waals surface area contributed by atoms with Crippen molar-refractivity contribution in [2.75, 3.05) is 44.5 Å². The zero-order chi connectivity index (χ0) is 24.0. The van der Waals surface area contributed by atoms with Crippen LogP contribution in [0, 0.1) is 11.6 Å². The molecule has 7 nitrogen and oxygen atoms in total. The predicted octanol–water partition coefficient (Wildman–Crippen LogP) is 4.01. The Bertz CT molecular complexity index is 1080. The van der Waals surface area contributed by atoms with Gasteiger partial charge in [-0.1, -0.05) is 12.1 Å². The van der Waals surface area contributed by atoms with Crippen molar-refractivity contribution in [3.63, 3.8) is 0 Å². The first-order valence-electron chi connectivity index (χ1n) is 10.2. The number of nitrogens with zero attached hydrogens (tertiary/aromatic N) is 1. The molecule has 10 heteroatoms. The first-order chi connectivity index (χ1) is 15.8. The molecule has 1 amide bonds. The van der Waals surface area contributed by atoms with E-state index in [2.05, 4.69) is 15.6 Å². The van der Waals surface area contributed by atoms with Crippen LogP contribution in [0.15, 0.2) is 41.8 Å². The summed E-state index contributed by atoms with van der Waals surface area (Å²) in [6.45, 7) is 2.94. The summed E-state index contributed by atoms with van der Waals surface area (Å²) in [7, 11) is 3.18. The number of carbonyl (C=O) groups is 1. The monoisotopic (exact) mass is 476 g/mol. The second-order valence-corrected chi connectivity index (χ2v) is 8.37. The number of benzene rings is 2. The normalized spacial score (nSPS) is 12.8. The van der Waals surface area contributed by atoms with Crippen LogP contribution < -0.4 is 21.1 Å². The Morgan fingerprint density at radius 2 is 1.85 bits per heavy atom. The lowest BCUT2D eigenvalue weighted by molar-refractivity contribution is 0.101. The molecule has 1 heterocycles. The predicted molar refractivity (Wildman–Crippen MR) is 125 cm³/mol. The third kappa shape index (κ3) is 5.47. The van der Waals surface area contributed by atoms with E-state index in [-0.39, 0.29) is 10.8 Å². The Balaban J connectivity index is 1.83. The Kier molecular flexibility index (Phi) is 7.96. The molecule has 4 N–H and O–H groups in total. The lowest BCUT2D eigenvalue weighted by atomic mass is 9.80. The van der Waals surface area contributed by atoms with Crippen LogP contribution in [-0.2, 0) is 10.2 Å². The van der Waals surface area contributed by atoms with E-state index in [9.17, 15) is 13.6 Å². The van der Waals surface area contributed by atoms with Crippen LogP contribution in [-0.4, -0.2) is 44.8 Å². The topological polar surface area (TPSA) is 98.5 Å². The van der Waals surface area contributed by atoms with Crippen molar-refractivity contribution < 1.29 is 23.0 Å². The maximum atomic E-state index is 14.5. The van der Waals surface area contributed by atoms with Gasteiger partial charge in [0.1, 0.15) is 22.9 Å². The Morgan fingerprint density at radius 1 is 1.18 bits per heavy atom. The fourth-order valence-corrected chi connectivity index (χ4v) is 4.24. The summed E-state index contributed by atoms with van der Waals surface area (Å²) < 4.78 is 39.6. The fraction of sp³-hybridized carbons (Fsp3) is 0.304. The Labute approximate surface area is 194 Å². The van der Waals surface area contributed by atoms with Gasteiger partial charge in [-0.15, -0.1) is 11.3 Å². The molecule has 33 heavy (non-hydrogen) atoms. The van der Waals surface area contributed by atoms with Crippen molar-refractivity contribution in [3.8, 4) is 5.75 Å². The van der Waals surface area contributed by atoms with Crippen LogP contribution in [0.5, 0.6) is 5.75 Å². The molecule has 0 saturated heterocycles. The lowest BCUT2D eigenvalue weighted by Gasteiger charge is -2.27. The van der Waals surface area contributed by atoms with Crippen molar-refractivity contribution in [1.82, 2.24) is 4.98 Å². The number of amides is 1. The zero-order valence-electron chi connectivity index (χ0n) is 18.6. The average Bonchev–Trinajstić information content (AvgIpc) is 3.26. The molecule has 2 aromatic carbocycles. The summed E-state index contributed by atoms with van der Waals surface area (Å²) in [6, 6.07) is 9.63. The second-order valence-electron chi connectivity index (χ2n) is 7.52. The van der Waals surface area contributed by atoms with Gasteiger partial charge in [-0.2, -0.15) is 0 Å². The van der Waals surface area contributed by atoms with Gasteiger partial charge >= 0.3 is 0 Å². The molecule has 1 atom stereocenters. The number of anilines is 2. The summed E-state index contributed by atoms with van der Waals surface area (Å²) in [5.41, 5.74) is 5.88. The van der Waals surface area contributed by atoms with Gasteiger partial charge in [0, 0.05) is 31.3 Å². The molecule has 0 radical (unpaired) electrons. The molecule has 0 bridgehead atoms. The molecule has 176 valence electrons. The number of rotatable bonds is 10. The number of aromatic nitrogens is 1. The molecule has 0 saturated carbocycles. The smallest absolute Gasteiger partial charge is 0.263 e. The third-order valence-electron chi connectivity index (χ3n) is 5.19. The number of halogens is 2. The molecule has 1 unspecified atom stereocenters. The molecule has 0 spiro atoms. The van der Waals surface area contributed by atoms with E-state index >= 15 is 0 Å². The van der Waals surface area contributed by atoms with E-state index in [0.717, 1.165) is 34.8 Å². The zero-order valence-corrected chi connectivity index (χ0v) is 19.4. The summed E-state index contributed by atoms with van der Waals surface area (Å²) in [5.74, 6) is -2.16. The van der Waals surface area contributed by atoms with Crippen molar-refractivity contribution in [3.05, 3.63) is 70.2 Å². The molecule has 1 aromatic heterocycles. The number of carbonyl (C=O) groups excluding carboxylic acids is 1. The van der Waals surface area contributed by atoms with Crippen LogP contribution >= 0.6 is 11.3 Å². The first-order valence-corrected chi connectivity index (χ1v) is 11.0.